The Balaban J connectivity index is 1.81. The zero-order chi connectivity index (χ0) is 17.1. The molecule has 1 aromatic heterocycles. The van der Waals surface area contributed by atoms with Crippen LogP contribution in [0.5, 0.6) is 5.75 Å². The van der Waals surface area contributed by atoms with Crippen LogP contribution in [-0.2, 0) is 0 Å². The number of carbonyl (C=O) groups excluding carboxylic acids is 1. The van der Waals surface area contributed by atoms with Crippen molar-refractivity contribution in [3.8, 4) is 5.75 Å². The van der Waals surface area contributed by atoms with Crippen LogP contribution in [-0.4, -0.2) is 13.0 Å². The molecule has 0 radical (unpaired) electrons. The normalized spacial score (nSPS) is 12.1. The van der Waals surface area contributed by atoms with Crippen molar-refractivity contribution in [1.82, 2.24) is 5.32 Å². The number of carbonyl (C=O) groups is 1. The maximum absolute atomic E-state index is 12.5. The lowest BCUT2D eigenvalue weighted by atomic mass is 10.0. The highest BCUT2D eigenvalue weighted by Gasteiger charge is 2.18. The average Bonchev–Trinajstić information content (AvgIpc) is 3.03. The van der Waals surface area contributed by atoms with Crippen LogP contribution in [0.15, 0.2) is 52.9 Å². The summed E-state index contributed by atoms with van der Waals surface area (Å²) >= 11 is 0. The van der Waals surface area contributed by atoms with E-state index in [1.807, 2.05) is 56.3 Å². The van der Waals surface area contributed by atoms with Crippen LogP contribution in [0.2, 0.25) is 0 Å². The molecule has 3 rings (SSSR count). The molecule has 1 N–H and O–H groups in total. The van der Waals surface area contributed by atoms with Gasteiger partial charge in [0, 0.05) is 5.39 Å². The summed E-state index contributed by atoms with van der Waals surface area (Å²) < 4.78 is 10.9. The molecule has 0 aliphatic carbocycles. The van der Waals surface area contributed by atoms with Gasteiger partial charge in [-0.15, -0.1) is 0 Å². The van der Waals surface area contributed by atoms with Gasteiger partial charge in [0.15, 0.2) is 5.76 Å². The first-order chi connectivity index (χ1) is 11.6. The second kappa shape index (κ2) is 6.79. The standard InChI is InChI=1S/C20H21NO3/c1-4-16(14-9-10-17(23-3)13(2)11-14)21-20(22)19-12-15-7-5-6-8-18(15)24-19/h5-12,16H,4H2,1-3H3,(H,21,22)/t16-/m1/s1. The molecule has 0 aliphatic heterocycles. The molecule has 24 heavy (non-hydrogen) atoms. The van der Waals surface area contributed by atoms with Crippen molar-refractivity contribution in [1.29, 1.82) is 0 Å². The van der Waals surface area contributed by atoms with E-state index in [9.17, 15) is 4.79 Å². The third kappa shape index (κ3) is 3.13. The molecule has 0 fully saturated rings. The van der Waals surface area contributed by atoms with E-state index >= 15 is 0 Å². The number of benzene rings is 2. The highest BCUT2D eigenvalue weighted by molar-refractivity contribution is 5.96. The molecular formula is C20H21NO3. The van der Waals surface area contributed by atoms with Gasteiger partial charge in [-0.05, 0) is 42.7 Å². The number of nitrogens with one attached hydrogen (secondary N) is 1. The van der Waals surface area contributed by atoms with E-state index in [1.54, 1.807) is 13.2 Å². The Kier molecular flexibility index (Phi) is 4.56. The maximum Gasteiger partial charge on any atom is 0.287 e. The number of hydrogen-bond acceptors (Lipinski definition) is 3. The minimum absolute atomic E-state index is 0.0738. The van der Waals surface area contributed by atoms with Gasteiger partial charge in [0.05, 0.1) is 13.2 Å². The van der Waals surface area contributed by atoms with Crippen molar-refractivity contribution in [2.24, 2.45) is 0 Å². The van der Waals surface area contributed by atoms with Gasteiger partial charge in [0.1, 0.15) is 11.3 Å². The molecule has 0 saturated carbocycles. The van der Waals surface area contributed by atoms with Crippen LogP contribution in [0.3, 0.4) is 0 Å². The minimum atomic E-state index is -0.202. The molecule has 2 aromatic carbocycles. The monoisotopic (exact) mass is 323 g/mol. The third-order valence-electron chi connectivity index (χ3n) is 4.18. The Morgan fingerprint density at radius 1 is 1.21 bits per heavy atom. The van der Waals surface area contributed by atoms with Crippen molar-refractivity contribution in [3.05, 3.63) is 65.4 Å². The van der Waals surface area contributed by atoms with E-state index in [-0.39, 0.29) is 11.9 Å². The first-order valence-electron chi connectivity index (χ1n) is 8.06. The number of fused-ring (bicyclic) bond motifs is 1. The van der Waals surface area contributed by atoms with Gasteiger partial charge < -0.3 is 14.5 Å². The Hall–Kier alpha value is -2.75. The third-order valence-corrected chi connectivity index (χ3v) is 4.18. The number of furan rings is 1. The second-order valence-corrected chi connectivity index (χ2v) is 5.81. The quantitative estimate of drug-likeness (QED) is 0.744. The zero-order valence-electron chi connectivity index (χ0n) is 14.1. The van der Waals surface area contributed by atoms with Crippen LogP contribution in [0.25, 0.3) is 11.0 Å². The summed E-state index contributed by atoms with van der Waals surface area (Å²) in [4.78, 5) is 12.5. The van der Waals surface area contributed by atoms with Gasteiger partial charge in [-0.1, -0.05) is 37.3 Å². The van der Waals surface area contributed by atoms with E-state index < -0.39 is 0 Å². The molecule has 124 valence electrons. The van der Waals surface area contributed by atoms with E-state index in [4.69, 9.17) is 9.15 Å². The fourth-order valence-corrected chi connectivity index (χ4v) is 2.86. The summed E-state index contributed by atoms with van der Waals surface area (Å²) in [6, 6.07) is 15.3. The topological polar surface area (TPSA) is 51.5 Å². The number of para-hydroxylation sites is 1. The molecule has 0 spiro atoms. The Morgan fingerprint density at radius 2 is 2.00 bits per heavy atom. The number of hydrogen-bond donors (Lipinski definition) is 1. The molecule has 0 saturated heterocycles. The zero-order valence-corrected chi connectivity index (χ0v) is 14.1. The first kappa shape index (κ1) is 16.1. The predicted octanol–water partition coefficient (Wildman–Crippen LogP) is 4.63. The van der Waals surface area contributed by atoms with E-state index in [2.05, 4.69) is 5.32 Å². The van der Waals surface area contributed by atoms with Crippen molar-refractivity contribution >= 4 is 16.9 Å². The van der Waals surface area contributed by atoms with Gasteiger partial charge >= 0.3 is 0 Å². The molecule has 1 amide bonds. The number of methoxy groups -OCH3 is 1. The van der Waals surface area contributed by atoms with Crippen molar-refractivity contribution in [2.45, 2.75) is 26.3 Å². The molecule has 0 unspecified atom stereocenters. The van der Waals surface area contributed by atoms with E-state index in [1.165, 1.54) is 0 Å². The van der Waals surface area contributed by atoms with Crippen LogP contribution < -0.4 is 10.1 Å². The molecule has 1 heterocycles. The van der Waals surface area contributed by atoms with Crippen molar-refractivity contribution in [2.75, 3.05) is 7.11 Å². The lowest BCUT2D eigenvalue weighted by Gasteiger charge is -2.18. The van der Waals surface area contributed by atoms with Crippen molar-refractivity contribution in [3.63, 3.8) is 0 Å². The molecule has 3 aromatic rings. The number of aryl methyl sites for hydroxylation is 1. The predicted molar refractivity (Wildman–Crippen MR) is 94.4 cm³/mol. The summed E-state index contributed by atoms with van der Waals surface area (Å²) in [5.74, 6) is 0.976. The Bertz CT molecular complexity index is 833. The minimum Gasteiger partial charge on any atom is -0.496 e. The van der Waals surface area contributed by atoms with Crippen LogP contribution in [0, 0.1) is 6.92 Å². The SMILES string of the molecule is CC[C@@H](NC(=O)c1cc2ccccc2o1)c1ccc(OC)c(C)c1. The lowest BCUT2D eigenvalue weighted by Crippen LogP contribution is -2.27. The average molecular weight is 323 g/mol. The highest BCUT2D eigenvalue weighted by atomic mass is 16.5. The van der Waals surface area contributed by atoms with Crippen LogP contribution >= 0.6 is 0 Å². The van der Waals surface area contributed by atoms with Gasteiger partial charge in [-0.2, -0.15) is 0 Å². The van der Waals surface area contributed by atoms with Gasteiger partial charge in [-0.3, -0.25) is 4.79 Å². The van der Waals surface area contributed by atoms with E-state index in [0.29, 0.717) is 5.76 Å². The molecule has 4 heteroatoms. The van der Waals surface area contributed by atoms with Crippen LogP contribution in [0.4, 0.5) is 0 Å². The lowest BCUT2D eigenvalue weighted by molar-refractivity contribution is 0.0909. The fraction of sp³-hybridized carbons (Fsp3) is 0.250. The van der Waals surface area contributed by atoms with Gasteiger partial charge in [0.25, 0.3) is 5.91 Å². The smallest absolute Gasteiger partial charge is 0.287 e. The Labute approximate surface area is 141 Å². The van der Waals surface area contributed by atoms with Gasteiger partial charge in [0.2, 0.25) is 0 Å². The largest absolute Gasteiger partial charge is 0.496 e. The highest BCUT2D eigenvalue weighted by Crippen LogP contribution is 2.25. The summed E-state index contributed by atoms with van der Waals surface area (Å²) in [6.07, 6.45) is 0.789. The molecule has 4 nitrogen and oxygen atoms in total. The second-order valence-electron chi connectivity index (χ2n) is 5.81. The fourth-order valence-electron chi connectivity index (χ4n) is 2.86. The molecular weight excluding hydrogens is 302 g/mol. The van der Waals surface area contributed by atoms with Gasteiger partial charge in [-0.25, -0.2) is 0 Å². The summed E-state index contributed by atoms with van der Waals surface area (Å²) in [6.45, 7) is 4.04. The number of amides is 1. The Morgan fingerprint density at radius 3 is 2.67 bits per heavy atom. The van der Waals surface area contributed by atoms with E-state index in [0.717, 1.165) is 34.3 Å². The summed E-state index contributed by atoms with van der Waals surface area (Å²) in [7, 11) is 1.66. The molecule has 1 atom stereocenters. The maximum atomic E-state index is 12.5. The summed E-state index contributed by atoms with van der Waals surface area (Å²) in [5, 5.41) is 3.98. The number of rotatable bonds is 5. The van der Waals surface area contributed by atoms with Crippen LogP contribution in [0.1, 0.15) is 41.1 Å². The molecule has 0 aliphatic rings. The van der Waals surface area contributed by atoms with Crippen molar-refractivity contribution < 1.29 is 13.9 Å². The summed E-state index contributed by atoms with van der Waals surface area (Å²) in [5.41, 5.74) is 2.82. The first-order valence-corrected chi connectivity index (χ1v) is 8.06. The number of ether oxygens (including phenoxy) is 1. The molecule has 0 bridgehead atoms.